The summed E-state index contributed by atoms with van der Waals surface area (Å²) in [6, 6.07) is -0.569. The van der Waals surface area contributed by atoms with Crippen LogP contribution in [0, 0.1) is 0 Å². The van der Waals surface area contributed by atoms with Gasteiger partial charge in [0.05, 0.1) is 6.54 Å². The predicted octanol–water partition coefficient (Wildman–Crippen LogP) is -0.457. The monoisotopic (exact) mass is 158 g/mol. The molecule has 0 spiro atoms. The topological polar surface area (TPSA) is 73.6 Å². The van der Waals surface area contributed by atoms with Crippen molar-refractivity contribution in [3.63, 3.8) is 0 Å². The van der Waals surface area contributed by atoms with E-state index in [4.69, 9.17) is 15.2 Å². The molecule has 5 nitrogen and oxygen atoms in total. The van der Waals surface area contributed by atoms with Gasteiger partial charge >= 0.3 is 6.03 Å². The molecule has 0 atom stereocenters. The van der Waals surface area contributed by atoms with Gasteiger partial charge in [-0.2, -0.15) is 0 Å². The first-order valence-electron chi connectivity index (χ1n) is 3.26. The highest BCUT2D eigenvalue weighted by molar-refractivity contribution is 5.71. The maximum Gasteiger partial charge on any atom is 0.312 e. The van der Waals surface area contributed by atoms with Gasteiger partial charge in [-0.05, 0) is 0 Å². The van der Waals surface area contributed by atoms with Crippen molar-refractivity contribution >= 4 is 6.03 Å². The van der Waals surface area contributed by atoms with E-state index in [-0.39, 0.29) is 6.54 Å². The second kappa shape index (κ2) is 3.70. The van der Waals surface area contributed by atoms with Gasteiger partial charge in [0.25, 0.3) is 0 Å². The van der Waals surface area contributed by atoms with Gasteiger partial charge < -0.3 is 20.5 Å². The molecule has 11 heavy (non-hydrogen) atoms. The number of urea groups is 1. The minimum absolute atomic E-state index is 0.287. The minimum Gasteiger partial charge on any atom is -0.494 e. The summed E-state index contributed by atoms with van der Waals surface area (Å²) < 4.78 is 10.0. The summed E-state index contributed by atoms with van der Waals surface area (Å²) in [4.78, 5) is 10.2. The summed E-state index contributed by atoms with van der Waals surface area (Å²) >= 11 is 0. The van der Waals surface area contributed by atoms with Crippen molar-refractivity contribution in [1.82, 2.24) is 5.32 Å². The normalized spacial score (nSPS) is 15.8. The molecule has 5 heteroatoms. The average Bonchev–Trinajstić information content (AvgIpc) is 2.03. The number of ether oxygens (including phenoxy) is 2. The smallest absolute Gasteiger partial charge is 0.312 e. The van der Waals surface area contributed by atoms with Gasteiger partial charge in [0.2, 0.25) is 0 Å². The first kappa shape index (κ1) is 7.71. The van der Waals surface area contributed by atoms with Crippen LogP contribution in [-0.4, -0.2) is 25.8 Å². The molecule has 1 aliphatic rings. The number of primary amides is 1. The quantitative estimate of drug-likeness (QED) is 0.571. The summed E-state index contributed by atoms with van der Waals surface area (Å²) in [6.45, 7) is 1.36. The fourth-order valence-electron chi connectivity index (χ4n) is 0.674. The average molecular weight is 158 g/mol. The van der Waals surface area contributed by atoms with Crippen molar-refractivity contribution in [1.29, 1.82) is 0 Å². The number of carbonyl (C=O) groups excluding carboxylic acids is 1. The van der Waals surface area contributed by atoms with E-state index in [9.17, 15) is 4.79 Å². The Morgan fingerprint density at radius 1 is 1.73 bits per heavy atom. The minimum atomic E-state index is -0.569. The van der Waals surface area contributed by atoms with Gasteiger partial charge in [-0.15, -0.1) is 0 Å². The summed E-state index contributed by atoms with van der Waals surface area (Å²) in [7, 11) is 0. The van der Waals surface area contributed by atoms with E-state index in [1.165, 1.54) is 6.26 Å². The molecule has 0 fully saturated rings. The number of rotatable bonds is 2. The molecule has 0 bridgehead atoms. The number of nitrogens with two attached hydrogens (primary N) is 1. The van der Waals surface area contributed by atoms with Gasteiger partial charge in [-0.3, -0.25) is 0 Å². The summed E-state index contributed by atoms with van der Waals surface area (Å²) in [5.74, 6) is 0.593. The zero-order chi connectivity index (χ0) is 8.10. The maximum atomic E-state index is 10.2. The zero-order valence-corrected chi connectivity index (χ0v) is 6.00. The van der Waals surface area contributed by atoms with Crippen LogP contribution < -0.4 is 11.1 Å². The van der Waals surface area contributed by atoms with Gasteiger partial charge in [0.15, 0.2) is 0 Å². The first-order chi connectivity index (χ1) is 5.29. The molecule has 62 valence electrons. The molecule has 0 aromatic rings. The molecular formula is C6H10N2O3. The van der Waals surface area contributed by atoms with E-state index in [0.717, 1.165) is 0 Å². The largest absolute Gasteiger partial charge is 0.494 e. The van der Waals surface area contributed by atoms with Crippen LogP contribution in [0.3, 0.4) is 0 Å². The van der Waals surface area contributed by atoms with Crippen LogP contribution in [0.15, 0.2) is 12.0 Å². The lowest BCUT2D eigenvalue weighted by Crippen LogP contribution is -2.32. The molecule has 3 N–H and O–H groups in total. The summed E-state index contributed by atoms with van der Waals surface area (Å²) in [6.07, 6.45) is 1.47. The molecule has 0 saturated heterocycles. The standard InChI is InChI=1S/C6H10N2O3/c7-6(9)8-3-5-4-10-1-2-11-5/h4H,1-3H2,(H3,7,8,9). The third kappa shape index (κ3) is 2.79. The Hall–Kier alpha value is -1.39. The van der Waals surface area contributed by atoms with Gasteiger partial charge in [-0.25, -0.2) is 4.79 Å². The number of carbonyl (C=O) groups is 1. The van der Waals surface area contributed by atoms with Gasteiger partial charge in [0.1, 0.15) is 25.2 Å². The highest BCUT2D eigenvalue weighted by atomic mass is 16.6. The Kier molecular flexibility index (Phi) is 2.59. The molecule has 1 rings (SSSR count). The molecule has 0 radical (unpaired) electrons. The summed E-state index contributed by atoms with van der Waals surface area (Å²) in [5.41, 5.74) is 4.84. The fraction of sp³-hybridized carbons (Fsp3) is 0.500. The molecular weight excluding hydrogens is 148 g/mol. The second-order valence-corrected chi connectivity index (χ2v) is 2.02. The Morgan fingerprint density at radius 3 is 3.09 bits per heavy atom. The van der Waals surface area contributed by atoms with Gasteiger partial charge in [-0.1, -0.05) is 0 Å². The lowest BCUT2D eigenvalue weighted by Gasteiger charge is -2.15. The highest BCUT2D eigenvalue weighted by Crippen LogP contribution is 2.01. The van der Waals surface area contributed by atoms with E-state index in [1.807, 2.05) is 0 Å². The number of hydrogen-bond acceptors (Lipinski definition) is 3. The Balaban J connectivity index is 2.24. The van der Waals surface area contributed by atoms with Crippen molar-refractivity contribution in [2.45, 2.75) is 0 Å². The third-order valence-electron chi connectivity index (χ3n) is 1.14. The molecule has 0 saturated carbocycles. The number of nitrogens with one attached hydrogen (secondary N) is 1. The SMILES string of the molecule is NC(=O)NCC1=COCCO1. The van der Waals surface area contributed by atoms with Crippen LogP contribution in [0.1, 0.15) is 0 Å². The Morgan fingerprint density at radius 2 is 2.55 bits per heavy atom. The van der Waals surface area contributed by atoms with Crippen molar-refractivity contribution < 1.29 is 14.3 Å². The molecule has 0 aromatic carbocycles. The van der Waals surface area contributed by atoms with Crippen LogP contribution in [-0.2, 0) is 9.47 Å². The Bertz CT molecular complexity index is 179. The fourth-order valence-corrected chi connectivity index (χ4v) is 0.674. The number of amides is 2. The first-order valence-corrected chi connectivity index (χ1v) is 3.26. The molecule has 1 heterocycles. The molecule has 1 aliphatic heterocycles. The zero-order valence-electron chi connectivity index (χ0n) is 6.00. The van der Waals surface area contributed by atoms with Crippen LogP contribution in [0.5, 0.6) is 0 Å². The highest BCUT2D eigenvalue weighted by Gasteiger charge is 2.04. The molecule has 0 unspecified atom stereocenters. The van der Waals surface area contributed by atoms with Crippen molar-refractivity contribution in [3.8, 4) is 0 Å². The van der Waals surface area contributed by atoms with E-state index >= 15 is 0 Å². The van der Waals surface area contributed by atoms with Crippen molar-refractivity contribution in [2.24, 2.45) is 5.73 Å². The van der Waals surface area contributed by atoms with Crippen molar-refractivity contribution in [3.05, 3.63) is 12.0 Å². The number of hydrogen-bond donors (Lipinski definition) is 2. The van der Waals surface area contributed by atoms with Crippen LogP contribution in [0.4, 0.5) is 4.79 Å². The van der Waals surface area contributed by atoms with Crippen LogP contribution in [0.25, 0.3) is 0 Å². The van der Waals surface area contributed by atoms with E-state index in [0.29, 0.717) is 19.0 Å². The lowest BCUT2D eigenvalue weighted by molar-refractivity contribution is 0.0818. The third-order valence-corrected chi connectivity index (χ3v) is 1.14. The van der Waals surface area contributed by atoms with Crippen LogP contribution in [0.2, 0.25) is 0 Å². The molecule has 2 amide bonds. The predicted molar refractivity (Wildman–Crippen MR) is 37.6 cm³/mol. The van der Waals surface area contributed by atoms with Gasteiger partial charge in [0, 0.05) is 0 Å². The Labute approximate surface area is 64.1 Å². The molecule has 0 aliphatic carbocycles. The second-order valence-electron chi connectivity index (χ2n) is 2.02. The molecule has 0 aromatic heterocycles. The van der Waals surface area contributed by atoms with Crippen molar-refractivity contribution in [2.75, 3.05) is 19.8 Å². The van der Waals surface area contributed by atoms with E-state index in [2.05, 4.69) is 5.32 Å². The summed E-state index contributed by atoms with van der Waals surface area (Å²) in [5, 5.41) is 2.38. The lowest BCUT2D eigenvalue weighted by atomic mass is 10.5. The van der Waals surface area contributed by atoms with Crippen LogP contribution >= 0.6 is 0 Å². The van der Waals surface area contributed by atoms with E-state index in [1.54, 1.807) is 0 Å². The van der Waals surface area contributed by atoms with E-state index < -0.39 is 6.03 Å². The maximum absolute atomic E-state index is 10.2.